The second-order valence-corrected chi connectivity index (χ2v) is 3.89. The Morgan fingerprint density at radius 1 is 1.35 bits per heavy atom. The molecule has 0 aliphatic heterocycles. The predicted molar refractivity (Wildman–Crippen MR) is 65.0 cm³/mol. The highest BCUT2D eigenvalue weighted by atomic mass is 16.5. The molecule has 0 bridgehead atoms. The molecule has 2 rings (SSSR count). The summed E-state index contributed by atoms with van der Waals surface area (Å²) in [5, 5.41) is 13.7. The molecule has 2 aromatic rings. The summed E-state index contributed by atoms with van der Waals surface area (Å²) in [6.45, 7) is 2.52. The number of benzene rings is 1. The molecule has 0 unspecified atom stereocenters. The second-order valence-electron chi connectivity index (χ2n) is 3.89. The van der Waals surface area contributed by atoms with Gasteiger partial charge in [-0.25, -0.2) is 0 Å². The number of phenols is 1. The first-order valence-electron chi connectivity index (χ1n) is 5.62. The molecular formula is C13H16N2O2. The minimum atomic E-state index is 0.210. The number of aromatic nitrogens is 2. The molecule has 90 valence electrons. The summed E-state index contributed by atoms with van der Waals surface area (Å²) in [6, 6.07) is 8.81. The zero-order chi connectivity index (χ0) is 12.3. The number of hydrogen-bond donors (Lipinski definition) is 1. The minimum Gasteiger partial charge on any atom is -0.508 e. The number of aryl methyl sites for hydroxylation is 2. The fraction of sp³-hybridized carbons (Fsp3) is 0.308. The summed E-state index contributed by atoms with van der Waals surface area (Å²) in [4.78, 5) is 0. The largest absolute Gasteiger partial charge is 0.508 e. The molecular weight excluding hydrogens is 216 g/mol. The monoisotopic (exact) mass is 232 g/mol. The molecule has 1 aromatic heterocycles. The quantitative estimate of drug-likeness (QED) is 0.879. The molecule has 4 nitrogen and oxygen atoms in total. The maximum Gasteiger partial charge on any atom is 0.130 e. The summed E-state index contributed by atoms with van der Waals surface area (Å²) in [5.41, 5.74) is 2.08. The van der Waals surface area contributed by atoms with E-state index in [9.17, 15) is 5.11 Å². The van der Waals surface area contributed by atoms with Gasteiger partial charge in [-0.15, -0.1) is 0 Å². The van der Waals surface area contributed by atoms with Crippen molar-refractivity contribution in [3.05, 3.63) is 41.7 Å². The van der Waals surface area contributed by atoms with Gasteiger partial charge >= 0.3 is 0 Å². The van der Waals surface area contributed by atoms with Crippen molar-refractivity contribution in [3.8, 4) is 11.5 Å². The number of hydrogen-bond acceptors (Lipinski definition) is 3. The van der Waals surface area contributed by atoms with Crippen LogP contribution in [0.15, 0.2) is 30.3 Å². The Morgan fingerprint density at radius 3 is 2.82 bits per heavy atom. The molecule has 0 aliphatic carbocycles. The Hall–Kier alpha value is -1.97. The smallest absolute Gasteiger partial charge is 0.130 e. The summed E-state index contributed by atoms with van der Waals surface area (Å²) in [7, 11) is 1.90. The van der Waals surface area contributed by atoms with Crippen LogP contribution in [0, 0.1) is 0 Å². The first kappa shape index (κ1) is 11.5. The molecule has 0 aliphatic rings. The highest BCUT2D eigenvalue weighted by Crippen LogP contribution is 2.19. The molecule has 4 heteroatoms. The first-order chi connectivity index (χ1) is 8.19. The number of phenolic OH excluding ortho intramolecular Hbond substituents is 1. The first-order valence-corrected chi connectivity index (χ1v) is 5.62. The zero-order valence-electron chi connectivity index (χ0n) is 10.1. The zero-order valence-corrected chi connectivity index (χ0v) is 10.1. The maximum atomic E-state index is 9.31. The van der Waals surface area contributed by atoms with E-state index in [0.717, 1.165) is 17.8 Å². The third-order valence-corrected chi connectivity index (χ3v) is 2.59. The molecule has 0 fully saturated rings. The van der Waals surface area contributed by atoms with Gasteiger partial charge in [0, 0.05) is 13.1 Å². The van der Waals surface area contributed by atoms with Gasteiger partial charge in [-0.2, -0.15) is 5.10 Å². The van der Waals surface area contributed by atoms with Crippen molar-refractivity contribution in [1.82, 2.24) is 9.78 Å². The normalized spacial score (nSPS) is 10.5. The lowest BCUT2D eigenvalue weighted by Crippen LogP contribution is -2.02. The van der Waals surface area contributed by atoms with Crippen LogP contribution in [0.3, 0.4) is 0 Å². The third-order valence-electron chi connectivity index (χ3n) is 2.59. The van der Waals surface area contributed by atoms with Gasteiger partial charge in [-0.1, -0.05) is 13.0 Å². The van der Waals surface area contributed by atoms with Gasteiger partial charge in [0.2, 0.25) is 0 Å². The van der Waals surface area contributed by atoms with Gasteiger partial charge in [-0.3, -0.25) is 4.68 Å². The average Bonchev–Trinajstić information content (AvgIpc) is 2.68. The lowest BCUT2D eigenvalue weighted by molar-refractivity contribution is 0.293. The fourth-order valence-electron chi connectivity index (χ4n) is 1.61. The van der Waals surface area contributed by atoms with Gasteiger partial charge in [0.15, 0.2) is 0 Å². The lowest BCUT2D eigenvalue weighted by atomic mass is 10.3. The standard InChI is InChI=1S/C13H16N2O2/c1-3-10-7-11(15(2)14-10)9-17-13-6-4-5-12(16)8-13/h4-8,16H,3,9H2,1-2H3. The van der Waals surface area contributed by atoms with E-state index in [4.69, 9.17) is 4.74 Å². The van der Waals surface area contributed by atoms with E-state index in [0.29, 0.717) is 12.4 Å². The van der Waals surface area contributed by atoms with Crippen LogP contribution in [0.25, 0.3) is 0 Å². The lowest BCUT2D eigenvalue weighted by Gasteiger charge is -2.06. The molecule has 17 heavy (non-hydrogen) atoms. The van der Waals surface area contributed by atoms with Crippen molar-refractivity contribution >= 4 is 0 Å². The molecule has 0 atom stereocenters. The van der Waals surface area contributed by atoms with Crippen LogP contribution in [-0.4, -0.2) is 14.9 Å². The van der Waals surface area contributed by atoms with Crippen LogP contribution in [-0.2, 0) is 20.1 Å². The number of rotatable bonds is 4. The predicted octanol–water partition coefficient (Wildman–Crippen LogP) is 2.27. The van der Waals surface area contributed by atoms with Crippen molar-refractivity contribution in [2.45, 2.75) is 20.0 Å². The third kappa shape index (κ3) is 2.78. The second kappa shape index (κ2) is 4.91. The molecule has 1 heterocycles. The van der Waals surface area contributed by atoms with E-state index in [1.165, 1.54) is 0 Å². The van der Waals surface area contributed by atoms with Crippen LogP contribution in [0.5, 0.6) is 11.5 Å². The van der Waals surface area contributed by atoms with Crippen LogP contribution in [0.1, 0.15) is 18.3 Å². The van der Waals surface area contributed by atoms with Gasteiger partial charge in [-0.05, 0) is 24.6 Å². The van der Waals surface area contributed by atoms with E-state index in [2.05, 4.69) is 12.0 Å². The van der Waals surface area contributed by atoms with E-state index >= 15 is 0 Å². The summed E-state index contributed by atoms with van der Waals surface area (Å²) in [5.74, 6) is 0.867. The molecule has 1 N–H and O–H groups in total. The van der Waals surface area contributed by atoms with Crippen molar-refractivity contribution in [3.63, 3.8) is 0 Å². The number of nitrogens with zero attached hydrogens (tertiary/aromatic N) is 2. The van der Waals surface area contributed by atoms with E-state index in [-0.39, 0.29) is 5.75 Å². The Morgan fingerprint density at radius 2 is 2.18 bits per heavy atom. The summed E-state index contributed by atoms with van der Waals surface area (Å²) >= 11 is 0. The molecule has 0 amide bonds. The summed E-state index contributed by atoms with van der Waals surface area (Å²) in [6.07, 6.45) is 0.917. The molecule has 0 spiro atoms. The van der Waals surface area contributed by atoms with E-state index < -0.39 is 0 Å². The average molecular weight is 232 g/mol. The Bertz CT molecular complexity index is 506. The maximum absolute atomic E-state index is 9.31. The minimum absolute atomic E-state index is 0.210. The van der Waals surface area contributed by atoms with Crippen LogP contribution >= 0.6 is 0 Å². The van der Waals surface area contributed by atoms with E-state index in [1.54, 1.807) is 18.2 Å². The van der Waals surface area contributed by atoms with Gasteiger partial charge in [0.05, 0.1) is 11.4 Å². The fourth-order valence-corrected chi connectivity index (χ4v) is 1.61. The highest BCUT2D eigenvalue weighted by Gasteiger charge is 2.04. The van der Waals surface area contributed by atoms with E-state index in [1.807, 2.05) is 23.9 Å². The Balaban J connectivity index is 2.04. The van der Waals surface area contributed by atoms with Crippen LogP contribution in [0.2, 0.25) is 0 Å². The topological polar surface area (TPSA) is 47.3 Å². The molecule has 0 saturated carbocycles. The molecule has 0 radical (unpaired) electrons. The molecule has 1 aromatic carbocycles. The number of ether oxygens (including phenoxy) is 1. The van der Waals surface area contributed by atoms with Crippen LogP contribution in [0.4, 0.5) is 0 Å². The van der Waals surface area contributed by atoms with Crippen molar-refractivity contribution in [1.29, 1.82) is 0 Å². The van der Waals surface area contributed by atoms with Gasteiger partial charge < -0.3 is 9.84 Å². The van der Waals surface area contributed by atoms with Crippen LogP contribution < -0.4 is 4.74 Å². The molecule has 0 saturated heterocycles. The Labute approximate surface area is 100 Å². The highest BCUT2D eigenvalue weighted by molar-refractivity contribution is 5.31. The Kier molecular flexibility index (Phi) is 3.32. The van der Waals surface area contributed by atoms with Gasteiger partial charge in [0.25, 0.3) is 0 Å². The summed E-state index contributed by atoms with van der Waals surface area (Å²) < 4.78 is 7.41. The van der Waals surface area contributed by atoms with Gasteiger partial charge in [0.1, 0.15) is 18.1 Å². The SMILES string of the molecule is CCc1cc(COc2cccc(O)c2)n(C)n1. The van der Waals surface area contributed by atoms with Crippen molar-refractivity contribution in [2.75, 3.05) is 0 Å². The number of aromatic hydroxyl groups is 1. The van der Waals surface area contributed by atoms with Crippen molar-refractivity contribution in [2.24, 2.45) is 7.05 Å². The van der Waals surface area contributed by atoms with Crippen molar-refractivity contribution < 1.29 is 9.84 Å².